The summed E-state index contributed by atoms with van der Waals surface area (Å²) in [6.07, 6.45) is 1.30. The van der Waals surface area contributed by atoms with Gasteiger partial charge >= 0.3 is 6.18 Å². The molecule has 0 saturated carbocycles. The molecule has 0 spiro atoms. The molecule has 2 aromatic carbocycles. The number of para-hydroxylation sites is 1. The Morgan fingerprint density at radius 1 is 0.939 bits per heavy atom. The Morgan fingerprint density at radius 2 is 1.79 bits per heavy atom. The van der Waals surface area contributed by atoms with E-state index in [1.165, 1.54) is 5.56 Å². The van der Waals surface area contributed by atoms with Crippen LogP contribution >= 0.6 is 0 Å². The second kappa shape index (κ2) is 8.39. The molecule has 0 aliphatic heterocycles. The van der Waals surface area contributed by atoms with Crippen LogP contribution in [0.15, 0.2) is 65.2 Å². The van der Waals surface area contributed by atoms with Crippen LogP contribution in [0.4, 0.5) is 13.2 Å². The molecule has 4 nitrogen and oxygen atoms in total. The highest BCUT2D eigenvalue weighted by atomic mass is 19.4. The standard InChI is InChI=1S/C26H22F3N3O/c1-2-3-4-7-16-12-20-18-8-5-6-9-23(18)33-24(20)14-19(16)17-10-11-30-21(13-17)22-15-25(32-31-22)26(27,28)29/h5-6,8-15H,2-4,7H2,1H3,(H,31,32). The van der Waals surface area contributed by atoms with Gasteiger partial charge in [0.1, 0.15) is 11.2 Å². The molecule has 0 aliphatic carbocycles. The number of furan rings is 1. The fourth-order valence-corrected chi connectivity index (χ4v) is 4.20. The van der Waals surface area contributed by atoms with Gasteiger partial charge in [-0.3, -0.25) is 10.1 Å². The third-order valence-corrected chi connectivity index (χ3v) is 5.87. The van der Waals surface area contributed by atoms with Gasteiger partial charge < -0.3 is 4.42 Å². The molecule has 7 heteroatoms. The minimum absolute atomic E-state index is 0.224. The SMILES string of the molecule is CCCCCc1cc2c(cc1-c1ccnc(-c3cc(C(F)(F)F)n[nH]3)c1)oc1ccccc12. The zero-order valence-electron chi connectivity index (χ0n) is 18.0. The first-order valence-electron chi connectivity index (χ1n) is 11.0. The Balaban J connectivity index is 1.62. The molecule has 0 unspecified atom stereocenters. The van der Waals surface area contributed by atoms with E-state index in [0.717, 1.165) is 64.8 Å². The third kappa shape index (κ3) is 4.11. The summed E-state index contributed by atoms with van der Waals surface area (Å²) in [6.45, 7) is 2.17. The number of benzene rings is 2. The van der Waals surface area contributed by atoms with Gasteiger partial charge in [0.15, 0.2) is 5.69 Å². The average molecular weight is 449 g/mol. The number of nitrogens with one attached hydrogen (secondary N) is 1. The van der Waals surface area contributed by atoms with Crippen molar-refractivity contribution in [3.8, 4) is 22.5 Å². The summed E-state index contributed by atoms with van der Waals surface area (Å²) in [5, 5.41) is 7.99. The second-order valence-electron chi connectivity index (χ2n) is 8.16. The number of aromatic nitrogens is 3. The van der Waals surface area contributed by atoms with Crippen LogP contribution in [-0.4, -0.2) is 15.2 Å². The van der Waals surface area contributed by atoms with E-state index >= 15 is 0 Å². The highest BCUT2D eigenvalue weighted by Gasteiger charge is 2.34. The summed E-state index contributed by atoms with van der Waals surface area (Å²) in [4.78, 5) is 4.27. The summed E-state index contributed by atoms with van der Waals surface area (Å²) in [5.74, 6) is 0. The second-order valence-corrected chi connectivity index (χ2v) is 8.16. The molecule has 5 rings (SSSR count). The number of alkyl halides is 3. The first kappa shape index (κ1) is 21.2. The Morgan fingerprint density at radius 3 is 2.58 bits per heavy atom. The summed E-state index contributed by atoms with van der Waals surface area (Å²) < 4.78 is 45.0. The third-order valence-electron chi connectivity index (χ3n) is 5.87. The van der Waals surface area contributed by atoms with E-state index in [9.17, 15) is 13.2 Å². The van der Waals surface area contributed by atoms with Gasteiger partial charge in [-0.1, -0.05) is 38.0 Å². The van der Waals surface area contributed by atoms with Gasteiger partial charge in [-0.15, -0.1) is 0 Å². The normalized spacial score (nSPS) is 12.1. The monoisotopic (exact) mass is 449 g/mol. The zero-order chi connectivity index (χ0) is 23.0. The van der Waals surface area contributed by atoms with Gasteiger partial charge in [0.25, 0.3) is 0 Å². The largest absolute Gasteiger partial charge is 0.456 e. The van der Waals surface area contributed by atoms with Crippen LogP contribution in [0.1, 0.15) is 37.4 Å². The van der Waals surface area contributed by atoms with Crippen LogP contribution in [0.3, 0.4) is 0 Å². The van der Waals surface area contributed by atoms with Crippen molar-refractivity contribution in [1.29, 1.82) is 0 Å². The van der Waals surface area contributed by atoms with E-state index in [4.69, 9.17) is 4.42 Å². The summed E-state index contributed by atoms with van der Waals surface area (Å²) in [5.41, 5.74) is 4.32. The molecule has 3 aromatic heterocycles. The smallest absolute Gasteiger partial charge is 0.435 e. The summed E-state index contributed by atoms with van der Waals surface area (Å²) in [7, 11) is 0. The lowest BCUT2D eigenvalue weighted by Gasteiger charge is -2.11. The molecule has 33 heavy (non-hydrogen) atoms. The molecule has 0 saturated heterocycles. The Bertz CT molecular complexity index is 1430. The van der Waals surface area contributed by atoms with E-state index in [-0.39, 0.29) is 5.69 Å². The molecule has 0 amide bonds. The lowest BCUT2D eigenvalue weighted by atomic mass is 9.94. The maximum absolute atomic E-state index is 13.0. The fourth-order valence-electron chi connectivity index (χ4n) is 4.20. The van der Waals surface area contributed by atoms with Crippen molar-refractivity contribution >= 4 is 21.9 Å². The van der Waals surface area contributed by atoms with Gasteiger partial charge in [0.2, 0.25) is 0 Å². The van der Waals surface area contributed by atoms with Crippen LogP contribution in [0.2, 0.25) is 0 Å². The lowest BCUT2D eigenvalue weighted by Crippen LogP contribution is -2.04. The Labute approximate surface area is 188 Å². The maximum Gasteiger partial charge on any atom is 0.435 e. The van der Waals surface area contributed by atoms with Crippen LogP contribution in [-0.2, 0) is 12.6 Å². The minimum atomic E-state index is -4.51. The van der Waals surface area contributed by atoms with Crippen LogP contribution in [0, 0.1) is 0 Å². The van der Waals surface area contributed by atoms with Gasteiger partial charge in [0, 0.05) is 17.0 Å². The van der Waals surface area contributed by atoms with Crippen LogP contribution < -0.4 is 0 Å². The minimum Gasteiger partial charge on any atom is -0.456 e. The van der Waals surface area contributed by atoms with E-state index in [2.05, 4.69) is 34.2 Å². The number of unbranched alkanes of at least 4 members (excludes halogenated alkanes) is 2. The molecule has 0 aliphatic rings. The predicted octanol–water partition coefficient (Wildman–Crippen LogP) is 7.79. The van der Waals surface area contributed by atoms with Crippen molar-refractivity contribution < 1.29 is 17.6 Å². The highest BCUT2D eigenvalue weighted by molar-refractivity contribution is 6.06. The number of fused-ring (bicyclic) bond motifs is 3. The molecule has 0 fully saturated rings. The van der Waals surface area contributed by atoms with Crippen LogP contribution in [0.5, 0.6) is 0 Å². The van der Waals surface area contributed by atoms with Crippen molar-refractivity contribution in [3.63, 3.8) is 0 Å². The fraction of sp³-hybridized carbons (Fsp3) is 0.231. The molecule has 5 aromatic rings. The molecule has 1 N–H and O–H groups in total. The van der Waals surface area contributed by atoms with Gasteiger partial charge in [0.05, 0.1) is 11.4 Å². The number of H-pyrrole nitrogens is 1. The lowest BCUT2D eigenvalue weighted by molar-refractivity contribution is -0.141. The first-order valence-corrected chi connectivity index (χ1v) is 11.0. The number of hydrogen-bond donors (Lipinski definition) is 1. The average Bonchev–Trinajstić information content (AvgIpc) is 3.44. The van der Waals surface area contributed by atoms with E-state index < -0.39 is 11.9 Å². The number of rotatable bonds is 6. The number of nitrogens with zero attached hydrogens (tertiary/aromatic N) is 2. The van der Waals surface area contributed by atoms with E-state index in [1.807, 2.05) is 30.3 Å². The number of aromatic amines is 1. The molecule has 3 heterocycles. The van der Waals surface area contributed by atoms with E-state index in [0.29, 0.717) is 5.69 Å². The molecule has 0 bridgehead atoms. The Kier molecular flexibility index (Phi) is 5.40. The molecule has 0 atom stereocenters. The zero-order valence-corrected chi connectivity index (χ0v) is 18.0. The number of aryl methyl sites for hydroxylation is 1. The highest BCUT2D eigenvalue weighted by Crippen LogP contribution is 2.36. The quantitative estimate of drug-likeness (QED) is 0.269. The number of halogens is 3. The van der Waals surface area contributed by atoms with Crippen LogP contribution in [0.25, 0.3) is 44.5 Å². The van der Waals surface area contributed by atoms with Crippen molar-refractivity contribution in [2.24, 2.45) is 0 Å². The number of hydrogen-bond acceptors (Lipinski definition) is 3. The summed E-state index contributed by atoms with van der Waals surface area (Å²) >= 11 is 0. The van der Waals surface area contributed by atoms with Gasteiger partial charge in [-0.05, 0) is 65.9 Å². The molecular formula is C26H22F3N3O. The predicted molar refractivity (Wildman–Crippen MR) is 123 cm³/mol. The van der Waals surface area contributed by atoms with Crippen molar-refractivity contribution in [3.05, 3.63) is 72.1 Å². The molecular weight excluding hydrogens is 427 g/mol. The van der Waals surface area contributed by atoms with E-state index in [1.54, 1.807) is 12.3 Å². The topological polar surface area (TPSA) is 54.7 Å². The molecule has 168 valence electrons. The summed E-state index contributed by atoms with van der Waals surface area (Å²) in [6, 6.07) is 16.8. The van der Waals surface area contributed by atoms with Crippen molar-refractivity contribution in [2.45, 2.75) is 38.8 Å². The first-order chi connectivity index (χ1) is 15.9. The Hall–Kier alpha value is -3.61. The van der Waals surface area contributed by atoms with Crippen molar-refractivity contribution in [1.82, 2.24) is 15.2 Å². The van der Waals surface area contributed by atoms with Gasteiger partial charge in [-0.2, -0.15) is 18.3 Å². The van der Waals surface area contributed by atoms with Crippen molar-refractivity contribution in [2.75, 3.05) is 0 Å². The van der Waals surface area contributed by atoms with Gasteiger partial charge in [-0.25, -0.2) is 0 Å². The number of pyridine rings is 1. The maximum atomic E-state index is 13.0. The molecule has 0 radical (unpaired) electrons.